The summed E-state index contributed by atoms with van der Waals surface area (Å²) in [7, 11) is 0. The van der Waals surface area contributed by atoms with Gasteiger partial charge in [0.15, 0.2) is 0 Å². The van der Waals surface area contributed by atoms with Gasteiger partial charge in [0.05, 0.1) is 12.6 Å². The molecule has 1 atom stereocenters. The van der Waals surface area contributed by atoms with E-state index in [2.05, 4.69) is 9.88 Å². The Morgan fingerprint density at radius 2 is 2.05 bits per heavy atom. The van der Waals surface area contributed by atoms with Gasteiger partial charge >= 0.3 is 5.95 Å². The molecule has 7 nitrogen and oxygen atoms in total. The summed E-state index contributed by atoms with van der Waals surface area (Å²) in [5, 5.41) is 20.7. The van der Waals surface area contributed by atoms with Crippen LogP contribution in [0.15, 0.2) is 12.4 Å². The summed E-state index contributed by atoms with van der Waals surface area (Å²) in [5.74, 6) is -0.215. The maximum absolute atomic E-state index is 10.7. The monoisotopic (exact) mass is 290 g/mol. The van der Waals surface area contributed by atoms with E-state index >= 15 is 0 Å². The molecule has 1 fully saturated rings. The molecule has 0 aromatic carbocycles. The second-order valence-corrected chi connectivity index (χ2v) is 4.65. The Kier molecular flexibility index (Phi) is 6.20. The molecule has 2 rings (SSSR count). The molecule has 0 unspecified atom stereocenters. The number of β-amino-alcohol motifs (C(OH)–C–C–N with tert-alkyl or cyclic N) is 1. The number of aliphatic hydroxyl groups excluding tert-OH is 1. The molecule has 0 spiro atoms. The first-order chi connectivity index (χ1) is 8.66. The molecule has 108 valence electrons. The van der Waals surface area contributed by atoms with E-state index in [0.717, 1.165) is 25.9 Å². The van der Waals surface area contributed by atoms with E-state index in [1.165, 1.54) is 23.4 Å². The van der Waals surface area contributed by atoms with Crippen molar-refractivity contribution in [3.05, 3.63) is 22.5 Å². The fourth-order valence-electron chi connectivity index (χ4n) is 2.34. The predicted octanol–water partition coefficient (Wildman–Crippen LogP) is 1.06. The summed E-state index contributed by atoms with van der Waals surface area (Å²) in [6.45, 7) is 2.79. The maximum Gasteiger partial charge on any atom is 0.434 e. The van der Waals surface area contributed by atoms with E-state index in [4.69, 9.17) is 0 Å². The van der Waals surface area contributed by atoms with Crippen LogP contribution in [0, 0.1) is 10.1 Å². The van der Waals surface area contributed by atoms with Gasteiger partial charge in [-0.1, -0.05) is 11.4 Å². The van der Waals surface area contributed by atoms with Crippen molar-refractivity contribution in [3.8, 4) is 0 Å². The molecule has 1 aromatic heterocycles. The number of aromatic nitrogens is 2. The number of rotatable bonds is 5. The summed E-state index contributed by atoms with van der Waals surface area (Å²) in [5.41, 5.74) is 0. The smallest absolute Gasteiger partial charge is 0.390 e. The molecular weight excluding hydrogens is 272 g/mol. The molecule has 8 heteroatoms. The third-order valence-corrected chi connectivity index (χ3v) is 3.18. The number of hydrogen-bond donors (Lipinski definition) is 1. The van der Waals surface area contributed by atoms with Crippen LogP contribution in [0.5, 0.6) is 0 Å². The Morgan fingerprint density at radius 1 is 1.37 bits per heavy atom. The third-order valence-electron chi connectivity index (χ3n) is 3.18. The zero-order valence-corrected chi connectivity index (χ0v) is 11.5. The van der Waals surface area contributed by atoms with E-state index < -0.39 is 11.0 Å². The normalized spacial score (nSPS) is 17.7. The van der Waals surface area contributed by atoms with Gasteiger partial charge in [-0.25, -0.2) is 4.57 Å². The molecule has 0 saturated carbocycles. The molecular formula is C11H19ClN4O3. The first kappa shape index (κ1) is 15.9. The van der Waals surface area contributed by atoms with E-state index in [0.29, 0.717) is 6.54 Å². The van der Waals surface area contributed by atoms with Crippen LogP contribution in [0.1, 0.15) is 19.3 Å². The largest absolute Gasteiger partial charge is 0.434 e. The molecule has 0 radical (unpaired) electrons. The van der Waals surface area contributed by atoms with Gasteiger partial charge in [-0.2, -0.15) is 0 Å². The number of imidazole rings is 1. The van der Waals surface area contributed by atoms with Crippen molar-refractivity contribution < 1.29 is 10.0 Å². The predicted molar refractivity (Wildman–Crippen MR) is 72.4 cm³/mol. The number of hydrogen-bond acceptors (Lipinski definition) is 5. The van der Waals surface area contributed by atoms with Crippen LogP contribution < -0.4 is 0 Å². The zero-order chi connectivity index (χ0) is 13.0. The lowest BCUT2D eigenvalue weighted by molar-refractivity contribution is -0.397. The SMILES string of the molecule is Cl.O=[N+]([O-])c1nccn1C[C@H](O)CN1CCCCC1. The summed E-state index contributed by atoms with van der Waals surface area (Å²) < 4.78 is 1.38. The van der Waals surface area contributed by atoms with Gasteiger partial charge in [-0.3, -0.25) is 0 Å². The Balaban J connectivity index is 0.00000180. The first-order valence-electron chi connectivity index (χ1n) is 6.23. The third kappa shape index (κ3) is 4.45. The van der Waals surface area contributed by atoms with Crippen LogP contribution in [-0.2, 0) is 6.54 Å². The fourth-order valence-corrected chi connectivity index (χ4v) is 2.34. The zero-order valence-electron chi connectivity index (χ0n) is 10.6. The second kappa shape index (κ2) is 7.42. The number of piperidine rings is 1. The topological polar surface area (TPSA) is 84.4 Å². The minimum absolute atomic E-state index is 0. The van der Waals surface area contributed by atoms with Crippen LogP contribution in [0.3, 0.4) is 0 Å². The summed E-state index contributed by atoms with van der Waals surface area (Å²) in [4.78, 5) is 16.0. The summed E-state index contributed by atoms with van der Waals surface area (Å²) in [6, 6.07) is 0. The van der Waals surface area contributed by atoms with Crippen LogP contribution in [0.4, 0.5) is 5.95 Å². The molecule has 1 aliphatic rings. The van der Waals surface area contributed by atoms with Crippen molar-refractivity contribution in [1.82, 2.24) is 14.5 Å². The van der Waals surface area contributed by atoms with Gasteiger partial charge < -0.3 is 20.1 Å². The second-order valence-electron chi connectivity index (χ2n) is 4.65. The maximum atomic E-state index is 10.7. The Bertz CT molecular complexity index is 406. The highest BCUT2D eigenvalue weighted by Gasteiger charge is 2.20. The van der Waals surface area contributed by atoms with Crippen molar-refractivity contribution in [2.24, 2.45) is 0 Å². The molecule has 1 saturated heterocycles. The van der Waals surface area contributed by atoms with Crippen molar-refractivity contribution in [3.63, 3.8) is 0 Å². The molecule has 1 aromatic rings. The summed E-state index contributed by atoms with van der Waals surface area (Å²) >= 11 is 0. The molecule has 0 amide bonds. The van der Waals surface area contributed by atoms with Gasteiger partial charge in [0, 0.05) is 6.54 Å². The molecule has 0 aliphatic carbocycles. The quantitative estimate of drug-likeness (QED) is 0.647. The Hall–Kier alpha value is -1.18. The number of halogens is 1. The fraction of sp³-hybridized carbons (Fsp3) is 0.727. The number of nitrogens with zero attached hydrogens (tertiary/aromatic N) is 4. The Labute approximate surface area is 117 Å². The average molecular weight is 291 g/mol. The van der Waals surface area contributed by atoms with E-state index in [-0.39, 0.29) is 24.9 Å². The highest BCUT2D eigenvalue weighted by atomic mass is 35.5. The van der Waals surface area contributed by atoms with Gasteiger partial charge in [0.25, 0.3) is 0 Å². The lowest BCUT2D eigenvalue weighted by Crippen LogP contribution is -2.38. The van der Waals surface area contributed by atoms with Crippen molar-refractivity contribution in [2.45, 2.75) is 31.9 Å². The highest BCUT2D eigenvalue weighted by Crippen LogP contribution is 2.12. The number of nitro groups is 1. The Morgan fingerprint density at radius 3 is 2.68 bits per heavy atom. The molecule has 2 heterocycles. The van der Waals surface area contributed by atoms with Crippen molar-refractivity contribution in [2.75, 3.05) is 19.6 Å². The minimum Gasteiger partial charge on any atom is -0.390 e. The van der Waals surface area contributed by atoms with E-state index in [1.54, 1.807) is 0 Å². The lowest BCUT2D eigenvalue weighted by atomic mass is 10.1. The van der Waals surface area contributed by atoms with E-state index in [9.17, 15) is 15.2 Å². The van der Waals surface area contributed by atoms with Crippen LogP contribution in [0.25, 0.3) is 0 Å². The van der Waals surface area contributed by atoms with Gasteiger partial charge in [-0.15, -0.1) is 12.4 Å². The van der Waals surface area contributed by atoms with Crippen LogP contribution in [-0.4, -0.2) is 50.2 Å². The molecule has 1 aliphatic heterocycles. The highest BCUT2D eigenvalue weighted by molar-refractivity contribution is 5.85. The first-order valence-corrected chi connectivity index (χ1v) is 6.23. The van der Waals surface area contributed by atoms with Gasteiger partial charge in [0.2, 0.25) is 0 Å². The van der Waals surface area contributed by atoms with Crippen molar-refractivity contribution in [1.29, 1.82) is 0 Å². The van der Waals surface area contributed by atoms with Gasteiger partial charge in [0.1, 0.15) is 12.4 Å². The number of aliphatic hydroxyl groups is 1. The average Bonchev–Trinajstić information content (AvgIpc) is 2.78. The lowest BCUT2D eigenvalue weighted by Gasteiger charge is -2.28. The molecule has 0 bridgehead atoms. The molecule has 19 heavy (non-hydrogen) atoms. The van der Waals surface area contributed by atoms with Gasteiger partial charge in [-0.05, 0) is 30.9 Å². The van der Waals surface area contributed by atoms with Crippen molar-refractivity contribution >= 4 is 18.4 Å². The van der Waals surface area contributed by atoms with Crippen LogP contribution >= 0.6 is 12.4 Å². The summed E-state index contributed by atoms with van der Waals surface area (Å²) in [6.07, 6.45) is 5.88. The standard InChI is InChI=1S/C11H18N4O3.ClH/c16-10(8-13-5-2-1-3-6-13)9-14-7-4-12-11(14)15(17)18;/h4,7,10,16H,1-3,5-6,8-9H2;1H/t10-;/m1./s1. The number of likely N-dealkylation sites (tertiary alicyclic amines) is 1. The molecule has 1 N–H and O–H groups in total. The van der Waals surface area contributed by atoms with E-state index in [1.807, 2.05) is 0 Å². The van der Waals surface area contributed by atoms with Crippen LogP contribution in [0.2, 0.25) is 0 Å². The minimum atomic E-state index is -0.601.